The first-order valence-electron chi connectivity index (χ1n) is 15.9. The van der Waals surface area contributed by atoms with Crippen LogP contribution in [0.25, 0.3) is 71.7 Å². The molecule has 0 aliphatic carbocycles. The number of anilines is 1. The van der Waals surface area contributed by atoms with Crippen LogP contribution in [0.5, 0.6) is 0 Å². The second-order valence-corrected chi connectivity index (χ2v) is 13.0. The van der Waals surface area contributed by atoms with E-state index in [2.05, 4.69) is 173 Å². The van der Waals surface area contributed by atoms with Gasteiger partial charge in [0.25, 0.3) is 0 Å². The van der Waals surface area contributed by atoms with Gasteiger partial charge < -0.3 is 14.0 Å². The van der Waals surface area contributed by atoms with Gasteiger partial charge in [0.05, 0.1) is 44.3 Å². The molecule has 5 heteroatoms. The van der Waals surface area contributed by atoms with E-state index in [9.17, 15) is 0 Å². The molecule has 0 fully saturated rings. The average molecular weight is 594 g/mol. The van der Waals surface area contributed by atoms with Crippen molar-refractivity contribution in [2.45, 2.75) is 19.4 Å². The number of rotatable bonds is 2. The molecule has 0 radical (unpaired) electrons. The molecule has 0 atom stereocenters. The maximum absolute atomic E-state index is 5.04. The van der Waals surface area contributed by atoms with E-state index in [-0.39, 0.29) is 5.54 Å². The Balaban J connectivity index is 1.30. The van der Waals surface area contributed by atoms with Crippen LogP contribution < -0.4 is 4.90 Å². The minimum atomic E-state index is -0.269. The molecule has 9 aromatic rings. The Morgan fingerprint density at radius 1 is 0.478 bits per heavy atom. The number of hydrogen-bond donors (Lipinski definition) is 0. The summed E-state index contributed by atoms with van der Waals surface area (Å²) in [5.41, 5.74) is 11.5. The molecule has 1 aliphatic heterocycles. The van der Waals surface area contributed by atoms with Crippen molar-refractivity contribution in [2.24, 2.45) is 0 Å². The summed E-state index contributed by atoms with van der Waals surface area (Å²) in [4.78, 5) is 7.36. The van der Waals surface area contributed by atoms with Gasteiger partial charge in [0.15, 0.2) is 0 Å². The van der Waals surface area contributed by atoms with E-state index in [0.717, 1.165) is 28.4 Å². The predicted molar refractivity (Wildman–Crippen MR) is 191 cm³/mol. The molecule has 3 aromatic heterocycles. The molecule has 0 N–H and O–H groups in total. The van der Waals surface area contributed by atoms with Gasteiger partial charge in [-0.05, 0) is 80.6 Å². The molecule has 4 heterocycles. The van der Waals surface area contributed by atoms with Crippen molar-refractivity contribution in [3.63, 3.8) is 0 Å². The first kappa shape index (κ1) is 25.5. The molecule has 0 saturated carbocycles. The van der Waals surface area contributed by atoms with Gasteiger partial charge in [-0.3, -0.25) is 4.57 Å². The van der Waals surface area contributed by atoms with Crippen LogP contribution in [-0.2, 0) is 5.54 Å². The smallest absolute Gasteiger partial charge is 0.211 e. The summed E-state index contributed by atoms with van der Waals surface area (Å²) in [7, 11) is 2.16. The number of nitrogens with zero attached hydrogens (tertiary/aromatic N) is 5. The normalized spacial score (nSPS) is 14.1. The quantitative estimate of drug-likeness (QED) is 0.200. The van der Waals surface area contributed by atoms with Crippen LogP contribution in [0, 0.1) is 0 Å². The summed E-state index contributed by atoms with van der Waals surface area (Å²) in [6.45, 7) is 4.60. The number of para-hydroxylation sites is 5. The van der Waals surface area contributed by atoms with E-state index in [1.807, 2.05) is 0 Å². The van der Waals surface area contributed by atoms with Crippen LogP contribution >= 0.6 is 0 Å². The maximum atomic E-state index is 5.04. The van der Waals surface area contributed by atoms with E-state index in [0.29, 0.717) is 0 Å². The van der Waals surface area contributed by atoms with Crippen LogP contribution in [0.4, 0.5) is 5.95 Å². The lowest BCUT2D eigenvalue weighted by Crippen LogP contribution is -2.44. The molecule has 0 bridgehead atoms. The number of fused-ring (bicyclic) bond motifs is 11. The Bertz CT molecular complexity index is 2690. The highest BCUT2D eigenvalue weighted by Gasteiger charge is 2.37. The summed E-state index contributed by atoms with van der Waals surface area (Å²) in [6, 6.07) is 48.5. The lowest BCUT2D eigenvalue weighted by molar-refractivity contribution is 0.486. The third kappa shape index (κ3) is 3.21. The molecular weight excluding hydrogens is 562 g/mol. The largest absolute Gasteiger partial charge is 0.336 e. The van der Waals surface area contributed by atoms with Crippen molar-refractivity contribution < 1.29 is 0 Å². The average Bonchev–Trinajstić information content (AvgIpc) is 3.74. The molecule has 1 aliphatic rings. The molecule has 46 heavy (non-hydrogen) atoms. The molecular formula is C41H31N5. The summed E-state index contributed by atoms with van der Waals surface area (Å²) < 4.78 is 7.17. The van der Waals surface area contributed by atoms with Crippen molar-refractivity contribution in [3.05, 3.63) is 139 Å². The van der Waals surface area contributed by atoms with Gasteiger partial charge in [0.2, 0.25) is 5.95 Å². The van der Waals surface area contributed by atoms with Crippen molar-refractivity contribution in [3.8, 4) is 17.1 Å². The topological polar surface area (TPSA) is 30.9 Å². The fourth-order valence-electron chi connectivity index (χ4n) is 7.82. The number of aromatic nitrogens is 4. The highest BCUT2D eigenvalue weighted by atomic mass is 15.4. The SMILES string of the molecule is CN1c2nc3ccccc3n2-c2ccc(-n3c4ccccc4c4cc5c6ccccc6n(-c6ccccc6)c5cc43)cc2C1(C)C. The molecule has 5 nitrogen and oxygen atoms in total. The van der Waals surface area contributed by atoms with Gasteiger partial charge in [0, 0.05) is 45.5 Å². The number of hydrogen-bond acceptors (Lipinski definition) is 2. The highest BCUT2D eigenvalue weighted by Crippen LogP contribution is 2.45. The Kier molecular flexibility index (Phi) is 4.93. The van der Waals surface area contributed by atoms with Gasteiger partial charge >= 0.3 is 0 Å². The molecule has 0 spiro atoms. The summed E-state index contributed by atoms with van der Waals surface area (Å²) >= 11 is 0. The summed E-state index contributed by atoms with van der Waals surface area (Å²) in [6.07, 6.45) is 0. The first-order valence-corrected chi connectivity index (χ1v) is 15.9. The van der Waals surface area contributed by atoms with Crippen LogP contribution in [0.1, 0.15) is 19.4 Å². The zero-order valence-corrected chi connectivity index (χ0v) is 25.9. The van der Waals surface area contributed by atoms with E-state index < -0.39 is 0 Å². The Morgan fingerprint density at radius 3 is 1.76 bits per heavy atom. The van der Waals surface area contributed by atoms with E-state index in [1.165, 1.54) is 54.9 Å². The van der Waals surface area contributed by atoms with Gasteiger partial charge in [-0.2, -0.15) is 0 Å². The summed E-state index contributed by atoms with van der Waals surface area (Å²) in [5, 5.41) is 5.05. The monoisotopic (exact) mass is 593 g/mol. The fourth-order valence-corrected chi connectivity index (χ4v) is 7.82. The minimum absolute atomic E-state index is 0.269. The van der Waals surface area contributed by atoms with Gasteiger partial charge in [-0.1, -0.05) is 66.7 Å². The molecule has 0 unspecified atom stereocenters. The van der Waals surface area contributed by atoms with Crippen LogP contribution in [0.15, 0.2) is 133 Å². The third-order valence-corrected chi connectivity index (χ3v) is 10.3. The third-order valence-electron chi connectivity index (χ3n) is 10.3. The lowest BCUT2D eigenvalue weighted by Gasteiger charge is -2.42. The van der Waals surface area contributed by atoms with Crippen LogP contribution in [0.2, 0.25) is 0 Å². The van der Waals surface area contributed by atoms with E-state index in [1.54, 1.807) is 0 Å². The second kappa shape index (κ2) is 8.89. The van der Waals surface area contributed by atoms with Crippen molar-refractivity contribution in [1.29, 1.82) is 0 Å². The van der Waals surface area contributed by atoms with Crippen LogP contribution in [0.3, 0.4) is 0 Å². The van der Waals surface area contributed by atoms with E-state index in [4.69, 9.17) is 4.98 Å². The van der Waals surface area contributed by atoms with Crippen molar-refractivity contribution >= 4 is 60.6 Å². The van der Waals surface area contributed by atoms with Crippen molar-refractivity contribution in [1.82, 2.24) is 18.7 Å². The number of benzene rings is 6. The fraction of sp³-hybridized carbons (Fsp3) is 0.0976. The van der Waals surface area contributed by atoms with Gasteiger partial charge in [-0.25, -0.2) is 4.98 Å². The van der Waals surface area contributed by atoms with Gasteiger partial charge in [0.1, 0.15) is 0 Å². The van der Waals surface area contributed by atoms with Gasteiger partial charge in [-0.15, -0.1) is 0 Å². The lowest BCUT2D eigenvalue weighted by atomic mass is 9.89. The second-order valence-electron chi connectivity index (χ2n) is 13.0. The molecule has 220 valence electrons. The Hall–Kier alpha value is -5.81. The standard InChI is InChI=1S/C41H31N5/c1-41(2)32-23-27(21-22-36(32)46-37-20-12-9-17-33(37)42-40(46)43(41)3)45-35-19-11-8-16-29(35)31-24-30-28-15-7-10-18-34(28)44(38(30)25-39(31)45)26-13-5-4-6-14-26/h4-25H,1-3H3. The Morgan fingerprint density at radius 2 is 1.07 bits per heavy atom. The zero-order valence-electron chi connectivity index (χ0n) is 25.9. The zero-order chi connectivity index (χ0) is 30.7. The minimum Gasteiger partial charge on any atom is -0.336 e. The maximum Gasteiger partial charge on any atom is 0.211 e. The molecule has 0 saturated heterocycles. The van der Waals surface area contributed by atoms with Crippen LogP contribution in [-0.4, -0.2) is 25.7 Å². The molecule has 6 aromatic carbocycles. The first-order chi connectivity index (χ1) is 22.5. The predicted octanol–water partition coefficient (Wildman–Crippen LogP) is 9.90. The Labute approximate surface area is 266 Å². The van der Waals surface area contributed by atoms with Crippen molar-refractivity contribution in [2.75, 3.05) is 11.9 Å². The molecule has 0 amide bonds. The van der Waals surface area contributed by atoms with E-state index >= 15 is 0 Å². The molecule has 10 rings (SSSR count). The number of imidazole rings is 1. The summed E-state index contributed by atoms with van der Waals surface area (Å²) in [5.74, 6) is 0.972. The highest BCUT2D eigenvalue weighted by molar-refractivity contribution is 6.19.